The van der Waals surface area contributed by atoms with Gasteiger partial charge in [0, 0.05) is 25.9 Å². The minimum absolute atomic E-state index is 0. The van der Waals surface area contributed by atoms with Crippen molar-refractivity contribution in [3.05, 3.63) is 47.8 Å². The number of carbonyl (C=O) groups is 2. The van der Waals surface area contributed by atoms with Crippen LogP contribution >= 0.6 is 48.0 Å². The molecule has 0 bridgehead atoms. The third-order valence-corrected chi connectivity index (χ3v) is 4.54. The maximum absolute atomic E-state index is 12.8. The predicted octanol–water partition coefficient (Wildman–Crippen LogP) is 2.80. The van der Waals surface area contributed by atoms with Crippen molar-refractivity contribution in [3.63, 3.8) is 0 Å². The van der Waals surface area contributed by atoms with E-state index in [0.29, 0.717) is 29.4 Å². The summed E-state index contributed by atoms with van der Waals surface area (Å²) in [5, 5.41) is 2.64. The molecule has 0 spiro atoms. The normalized spacial score (nSPS) is 16.9. The number of hydrogen-bond acceptors (Lipinski definition) is 4. The van der Waals surface area contributed by atoms with Gasteiger partial charge in [0.1, 0.15) is 14.4 Å². The van der Waals surface area contributed by atoms with Gasteiger partial charge in [-0.2, -0.15) is 0 Å². The third-order valence-electron chi connectivity index (χ3n) is 4.54. The van der Waals surface area contributed by atoms with E-state index in [1.54, 1.807) is 41.6 Å². The van der Waals surface area contributed by atoms with E-state index < -0.39 is 0 Å². The fraction of sp³-hybridized carbons (Fsp3) is 0.368. The van der Waals surface area contributed by atoms with Crippen molar-refractivity contribution >= 4 is 79.0 Å². The second-order valence-corrected chi connectivity index (χ2v) is 6.91. The second kappa shape index (κ2) is 11.1. The zero-order valence-electron chi connectivity index (χ0n) is 15.8. The second-order valence-electron chi connectivity index (χ2n) is 6.91. The SMILES string of the molecule is I.I.[B]c1ccc(C(=O)N(CC(=O)Nc2ncc(C)cn2)C[C@@H]2CC2C)cc1.[HH]. The van der Waals surface area contributed by atoms with E-state index in [0.717, 1.165) is 12.0 Å². The molecule has 1 aliphatic rings. The summed E-state index contributed by atoms with van der Waals surface area (Å²) < 4.78 is 0. The smallest absolute Gasteiger partial charge is 0.254 e. The maximum atomic E-state index is 12.8. The largest absolute Gasteiger partial charge is 0.329 e. The fourth-order valence-electron chi connectivity index (χ4n) is 2.76. The van der Waals surface area contributed by atoms with Crippen LogP contribution in [0.25, 0.3) is 0 Å². The lowest BCUT2D eigenvalue weighted by Gasteiger charge is -2.22. The Bertz CT molecular complexity index is 809. The molecule has 3 rings (SSSR count). The first-order valence-electron chi connectivity index (χ1n) is 8.65. The molecule has 1 aromatic carbocycles. The van der Waals surface area contributed by atoms with Gasteiger partial charge in [0.2, 0.25) is 11.9 Å². The number of nitrogens with zero attached hydrogens (tertiary/aromatic N) is 3. The molecule has 1 aromatic heterocycles. The van der Waals surface area contributed by atoms with Crippen LogP contribution in [0.3, 0.4) is 0 Å². The van der Waals surface area contributed by atoms with Gasteiger partial charge in [0.15, 0.2) is 0 Å². The van der Waals surface area contributed by atoms with Crippen molar-refractivity contribution in [1.29, 1.82) is 0 Å². The van der Waals surface area contributed by atoms with E-state index in [4.69, 9.17) is 7.85 Å². The maximum Gasteiger partial charge on any atom is 0.254 e. The van der Waals surface area contributed by atoms with Crippen LogP contribution in [-0.2, 0) is 4.79 Å². The van der Waals surface area contributed by atoms with Crippen LogP contribution in [0.1, 0.15) is 30.7 Å². The average molecular weight is 606 g/mol. The Hall–Kier alpha value is -1.24. The topological polar surface area (TPSA) is 75.2 Å². The number of aryl methyl sites for hydroxylation is 1. The van der Waals surface area contributed by atoms with Gasteiger partial charge in [-0.3, -0.25) is 14.9 Å². The predicted molar refractivity (Wildman–Crippen MR) is 133 cm³/mol. The minimum Gasteiger partial charge on any atom is -0.329 e. The van der Waals surface area contributed by atoms with Crippen LogP contribution in [0.15, 0.2) is 36.7 Å². The van der Waals surface area contributed by atoms with Gasteiger partial charge in [0.05, 0.1) is 0 Å². The van der Waals surface area contributed by atoms with E-state index in [-0.39, 0.29) is 73.7 Å². The molecule has 1 unspecified atom stereocenters. The number of anilines is 1. The summed E-state index contributed by atoms with van der Waals surface area (Å²) in [6.07, 6.45) is 4.34. The molecular weight excluding hydrogens is 581 g/mol. The lowest BCUT2D eigenvalue weighted by atomic mass is 9.95. The summed E-state index contributed by atoms with van der Waals surface area (Å²) in [6, 6.07) is 6.74. The van der Waals surface area contributed by atoms with Crippen molar-refractivity contribution in [3.8, 4) is 0 Å². The highest BCUT2D eigenvalue weighted by Crippen LogP contribution is 2.38. The van der Waals surface area contributed by atoms with Crippen LogP contribution in [-0.4, -0.2) is 47.6 Å². The molecule has 1 fully saturated rings. The van der Waals surface area contributed by atoms with Crippen LogP contribution < -0.4 is 10.8 Å². The summed E-state index contributed by atoms with van der Waals surface area (Å²) in [7, 11) is 5.69. The Balaban J connectivity index is 0.00000261. The number of aromatic nitrogens is 2. The first-order valence-corrected chi connectivity index (χ1v) is 8.65. The van der Waals surface area contributed by atoms with Crippen LogP contribution in [0.5, 0.6) is 0 Å². The van der Waals surface area contributed by atoms with Gasteiger partial charge < -0.3 is 4.90 Å². The monoisotopic (exact) mass is 606 g/mol. The highest BCUT2D eigenvalue weighted by atomic mass is 127. The molecule has 2 amide bonds. The highest BCUT2D eigenvalue weighted by molar-refractivity contribution is 14.0. The van der Waals surface area contributed by atoms with E-state index in [1.165, 1.54) is 0 Å². The van der Waals surface area contributed by atoms with Crippen molar-refractivity contribution in [2.75, 3.05) is 18.4 Å². The summed E-state index contributed by atoms with van der Waals surface area (Å²) in [4.78, 5) is 34.9. The molecule has 1 aliphatic carbocycles. The number of hydrogen-bond donors (Lipinski definition) is 1. The number of amides is 2. The molecular formula is C19H25BI2N4O2. The van der Waals surface area contributed by atoms with E-state index in [9.17, 15) is 9.59 Å². The minimum atomic E-state index is -0.314. The van der Waals surface area contributed by atoms with Gasteiger partial charge in [-0.1, -0.05) is 36.7 Å². The summed E-state index contributed by atoms with van der Waals surface area (Å²) in [5.74, 6) is 0.770. The van der Waals surface area contributed by atoms with Crippen LogP contribution in [0.2, 0.25) is 0 Å². The Labute approximate surface area is 202 Å². The number of halogens is 2. The Morgan fingerprint density at radius 2 is 1.79 bits per heavy atom. The Morgan fingerprint density at radius 1 is 1.21 bits per heavy atom. The molecule has 1 heterocycles. The van der Waals surface area contributed by atoms with E-state index >= 15 is 0 Å². The van der Waals surface area contributed by atoms with Crippen molar-refractivity contribution < 1.29 is 11.0 Å². The molecule has 1 N–H and O–H groups in total. The lowest BCUT2D eigenvalue weighted by molar-refractivity contribution is -0.117. The summed E-state index contributed by atoms with van der Waals surface area (Å²) in [6.45, 7) is 4.54. The van der Waals surface area contributed by atoms with Crippen molar-refractivity contribution in [2.24, 2.45) is 11.8 Å². The molecule has 28 heavy (non-hydrogen) atoms. The molecule has 6 nitrogen and oxygen atoms in total. The third kappa shape index (κ3) is 6.98. The Kier molecular flexibility index (Phi) is 9.81. The van der Waals surface area contributed by atoms with Crippen molar-refractivity contribution in [1.82, 2.24) is 14.9 Å². The molecule has 2 radical (unpaired) electrons. The van der Waals surface area contributed by atoms with Gasteiger partial charge in [-0.15, -0.1) is 48.0 Å². The van der Waals surface area contributed by atoms with Gasteiger partial charge in [0.25, 0.3) is 5.91 Å². The summed E-state index contributed by atoms with van der Waals surface area (Å²) in [5.41, 5.74) is 2.02. The number of nitrogens with one attached hydrogen (secondary N) is 1. The van der Waals surface area contributed by atoms with Crippen molar-refractivity contribution in [2.45, 2.75) is 20.3 Å². The molecule has 1 saturated carbocycles. The van der Waals surface area contributed by atoms with Gasteiger partial charge in [-0.25, -0.2) is 9.97 Å². The fourth-order valence-corrected chi connectivity index (χ4v) is 2.76. The molecule has 9 heteroatoms. The number of benzene rings is 1. The summed E-state index contributed by atoms with van der Waals surface area (Å²) >= 11 is 0. The van der Waals surface area contributed by atoms with Crippen LogP contribution in [0.4, 0.5) is 5.95 Å². The average Bonchev–Trinajstić information content (AvgIpc) is 3.31. The quantitative estimate of drug-likeness (QED) is 0.406. The molecule has 0 saturated heterocycles. The number of carbonyl (C=O) groups excluding carboxylic acids is 2. The standard InChI is InChI=1S/C19H21BN4O2.2HI.H2/c1-12-8-21-19(22-9-12)23-17(25)11-24(10-15-7-13(15)2)18(26)14-3-5-16(20)6-4-14;;;/h3-6,8-9,13,15H,7,10-11H2,1-2H3,(H,21,22,23,25);3*1H/t13?,15-;;;/m0.../s1. The zero-order chi connectivity index (χ0) is 18.7. The van der Waals surface area contributed by atoms with Crippen LogP contribution in [0, 0.1) is 18.8 Å². The molecule has 2 aromatic rings. The van der Waals surface area contributed by atoms with E-state index in [2.05, 4.69) is 22.2 Å². The highest BCUT2D eigenvalue weighted by Gasteiger charge is 2.35. The first kappa shape index (κ1) is 24.8. The van der Waals surface area contributed by atoms with E-state index in [1.807, 2.05) is 6.92 Å². The molecule has 2 atom stereocenters. The Morgan fingerprint density at radius 3 is 2.32 bits per heavy atom. The van der Waals surface area contributed by atoms with Gasteiger partial charge >= 0.3 is 0 Å². The molecule has 0 aliphatic heterocycles. The molecule has 150 valence electrons. The van der Waals surface area contributed by atoms with Gasteiger partial charge in [-0.05, 0) is 30.7 Å². The zero-order valence-corrected chi connectivity index (χ0v) is 20.5. The first-order chi connectivity index (χ1) is 12.4. The number of rotatable bonds is 6. The lowest BCUT2D eigenvalue weighted by Crippen LogP contribution is -2.39.